The zero-order valence-electron chi connectivity index (χ0n) is 13.8. The van der Waals surface area contributed by atoms with Gasteiger partial charge in [-0.05, 0) is 31.2 Å². The van der Waals surface area contributed by atoms with Gasteiger partial charge in [-0.25, -0.2) is 4.98 Å². The minimum atomic E-state index is 0.898. The second kappa shape index (κ2) is 5.30. The van der Waals surface area contributed by atoms with Crippen molar-refractivity contribution in [3.05, 3.63) is 53.7 Å². The molecule has 0 saturated heterocycles. The molecule has 0 fully saturated rings. The predicted octanol–water partition coefficient (Wildman–Crippen LogP) is 4.03. The Bertz CT molecular complexity index is 1100. The highest BCUT2D eigenvalue weighted by Gasteiger charge is 2.20. The van der Waals surface area contributed by atoms with Crippen LogP contribution in [0.4, 0.5) is 11.4 Å². The smallest absolute Gasteiger partial charge is 0.194 e. The Labute approximate surface area is 148 Å². The maximum Gasteiger partial charge on any atom is 0.194 e. The lowest BCUT2D eigenvalue weighted by Gasteiger charge is -2.07. The molecule has 0 bridgehead atoms. The molecule has 4 aromatic rings. The summed E-state index contributed by atoms with van der Waals surface area (Å²) in [4.78, 5) is 10.5. The summed E-state index contributed by atoms with van der Waals surface area (Å²) in [6.45, 7) is 2.00. The van der Waals surface area contributed by atoms with Crippen LogP contribution in [0.2, 0.25) is 0 Å². The minimum Gasteiger partial charge on any atom is -0.300 e. The maximum atomic E-state index is 4.84. The summed E-state index contributed by atoms with van der Waals surface area (Å²) >= 11 is 1.63. The van der Waals surface area contributed by atoms with Gasteiger partial charge in [0, 0.05) is 29.9 Å². The number of hydrogen-bond donors (Lipinski definition) is 2. The Balaban J connectivity index is 1.74. The SMILES string of the molecule is Cc1cccc(-c2nc3sccn3c2-c2ccc3c(c2)NN(C)N3)n1. The van der Waals surface area contributed by atoms with Gasteiger partial charge in [0.25, 0.3) is 0 Å². The van der Waals surface area contributed by atoms with Crippen LogP contribution < -0.4 is 10.9 Å². The lowest BCUT2D eigenvalue weighted by molar-refractivity contribution is 0.507. The van der Waals surface area contributed by atoms with Crippen LogP contribution in [0.25, 0.3) is 27.6 Å². The fourth-order valence-electron chi connectivity index (χ4n) is 3.19. The zero-order valence-corrected chi connectivity index (χ0v) is 14.6. The summed E-state index contributed by atoms with van der Waals surface area (Å²) in [7, 11) is 1.94. The van der Waals surface area contributed by atoms with Gasteiger partial charge < -0.3 is 0 Å². The van der Waals surface area contributed by atoms with Crippen molar-refractivity contribution in [2.45, 2.75) is 6.92 Å². The van der Waals surface area contributed by atoms with Crippen molar-refractivity contribution in [3.8, 4) is 22.6 Å². The van der Waals surface area contributed by atoms with Gasteiger partial charge in [0.15, 0.2) is 4.96 Å². The molecule has 0 atom stereocenters. The zero-order chi connectivity index (χ0) is 17.0. The summed E-state index contributed by atoms with van der Waals surface area (Å²) in [6.07, 6.45) is 2.06. The fraction of sp³-hybridized carbons (Fsp3) is 0.111. The number of nitrogens with zero attached hydrogens (tertiary/aromatic N) is 4. The van der Waals surface area contributed by atoms with Gasteiger partial charge in [0.05, 0.1) is 22.8 Å². The fourth-order valence-corrected chi connectivity index (χ4v) is 3.90. The number of pyridine rings is 1. The third-order valence-corrected chi connectivity index (χ3v) is 5.02. The highest BCUT2D eigenvalue weighted by Crippen LogP contribution is 2.37. The number of thiazole rings is 1. The van der Waals surface area contributed by atoms with Crippen molar-refractivity contribution >= 4 is 27.7 Å². The molecular weight excluding hydrogens is 332 g/mol. The van der Waals surface area contributed by atoms with Crippen LogP contribution in [0.5, 0.6) is 0 Å². The van der Waals surface area contributed by atoms with Gasteiger partial charge >= 0.3 is 0 Å². The van der Waals surface area contributed by atoms with Crippen molar-refractivity contribution in [1.29, 1.82) is 0 Å². The van der Waals surface area contributed by atoms with E-state index in [4.69, 9.17) is 4.98 Å². The van der Waals surface area contributed by atoms with Crippen molar-refractivity contribution in [2.24, 2.45) is 0 Å². The Morgan fingerprint density at radius 3 is 2.80 bits per heavy atom. The predicted molar refractivity (Wildman–Crippen MR) is 101 cm³/mol. The summed E-state index contributed by atoms with van der Waals surface area (Å²) < 4.78 is 2.14. The van der Waals surface area contributed by atoms with Crippen LogP contribution in [0, 0.1) is 6.92 Å². The maximum absolute atomic E-state index is 4.84. The highest BCUT2D eigenvalue weighted by atomic mass is 32.1. The van der Waals surface area contributed by atoms with Crippen LogP contribution >= 0.6 is 11.3 Å². The second-order valence-corrected chi connectivity index (χ2v) is 6.94. The van der Waals surface area contributed by atoms with Gasteiger partial charge in [0.1, 0.15) is 5.69 Å². The molecule has 2 N–H and O–H groups in total. The second-order valence-electron chi connectivity index (χ2n) is 6.07. The van der Waals surface area contributed by atoms with E-state index in [0.29, 0.717) is 0 Å². The number of benzene rings is 1. The Hall–Kier alpha value is -2.90. The van der Waals surface area contributed by atoms with Crippen molar-refractivity contribution < 1.29 is 0 Å². The van der Waals surface area contributed by atoms with Crippen molar-refractivity contribution in [3.63, 3.8) is 0 Å². The average Bonchev–Trinajstić information content (AvgIpc) is 3.26. The van der Waals surface area contributed by atoms with E-state index in [0.717, 1.165) is 44.7 Å². The molecule has 7 heteroatoms. The quantitative estimate of drug-likeness (QED) is 0.573. The van der Waals surface area contributed by atoms with E-state index in [-0.39, 0.29) is 0 Å². The molecule has 25 heavy (non-hydrogen) atoms. The van der Waals surface area contributed by atoms with Gasteiger partial charge in [-0.1, -0.05) is 12.1 Å². The van der Waals surface area contributed by atoms with E-state index in [2.05, 4.69) is 50.0 Å². The number of hydrogen-bond acceptors (Lipinski definition) is 6. The molecule has 1 aliphatic heterocycles. The molecule has 4 heterocycles. The summed E-state index contributed by atoms with van der Waals surface area (Å²) in [6, 6.07) is 12.4. The van der Waals surface area contributed by atoms with Crippen LogP contribution in [-0.4, -0.2) is 26.5 Å². The molecule has 0 aliphatic carbocycles. The average molecular weight is 348 g/mol. The summed E-state index contributed by atoms with van der Waals surface area (Å²) in [5.41, 5.74) is 13.6. The molecule has 1 aromatic carbocycles. The van der Waals surface area contributed by atoms with Gasteiger partial charge in [-0.2, -0.15) is 0 Å². The third kappa shape index (κ3) is 2.28. The molecule has 124 valence electrons. The number of imidazole rings is 1. The Kier molecular flexibility index (Phi) is 3.06. The summed E-state index contributed by atoms with van der Waals surface area (Å²) in [5, 5.41) is 3.90. The number of anilines is 2. The molecule has 5 rings (SSSR count). The number of aromatic nitrogens is 3. The van der Waals surface area contributed by atoms with Crippen molar-refractivity contribution in [1.82, 2.24) is 19.5 Å². The third-order valence-electron chi connectivity index (χ3n) is 4.26. The first-order chi connectivity index (χ1) is 12.2. The molecular formula is C18H16N6S. The lowest BCUT2D eigenvalue weighted by atomic mass is 10.1. The first kappa shape index (κ1) is 14.4. The molecule has 0 radical (unpaired) electrons. The minimum absolute atomic E-state index is 0.898. The number of rotatable bonds is 2. The largest absolute Gasteiger partial charge is 0.300 e. The van der Waals surface area contributed by atoms with Gasteiger partial charge in [-0.3, -0.25) is 20.2 Å². The standard InChI is InChI=1S/C18H16N6S/c1-11-4-3-5-14(19-11)16-17(24-8-9-25-18(24)20-16)12-6-7-13-15(10-12)22-23(2)21-13/h3-10,21-22H,1-2H3. The highest BCUT2D eigenvalue weighted by molar-refractivity contribution is 7.15. The molecule has 6 nitrogen and oxygen atoms in total. The number of aryl methyl sites for hydroxylation is 1. The van der Waals surface area contributed by atoms with Gasteiger partial charge in [-0.15, -0.1) is 16.5 Å². The molecule has 3 aromatic heterocycles. The monoisotopic (exact) mass is 348 g/mol. The van der Waals surface area contributed by atoms with E-state index in [9.17, 15) is 0 Å². The molecule has 1 aliphatic rings. The van der Waals surface area contributed by atoms with E-state index in [1.807, 2.05) is 37.3 Å². The van der Waals surface area contributed by atoms with Crippen LogP contribution in [0.15, 0.2) is 48.0 Å². The van der Waals surface area contributed by atoms with Crippen LogP contribution in [0.3, 0.4) is 0 Å². The Morgan fingerprint density at radius 2 is 1.92 bits per heavy atom. The first-order valence-corrected chi connectivity index (χ1v) is 8.88. The van der Waals surface area contributed by atoms with Crippen molar-refractivity contribution in [2.75, 3.05) is 17.9 Å². The van der Waals surface area contributed by atoms with E-state index >= 15 is 0 Å². The van der Waals surface area contributed by atoms with Gasteiger partial charge in [0.2, 0.25) is 0 Å². The summed E-state index contributed by atoms with van der Waals surface area (Å²) in [5.74, 6) is 0. The molecule has 0 saturated carbocycles. The molecule has 0 amide bonds. The number of hydrazine groups is 2. The van der Waals surface area contributed by atoms with E-state index in [1.165, 1.54) is 0 Å². The molecule has 0 spiro atoms. The van der Waals surface area contributed by atoms with E-state index < -0.39 is 0 Å². The number of nitrogens with one attached hydrogen (secondary N) is 2. The Morgan fingerprint density at radius 1 is 1.04 bits per heavy atom. The van der Waals surface area contributed by atoms with Crippen LogP contribution in [0.1, 0.15) is 5.69 Å². The molecule has 0 unspecified atom stereocenters. The first-order valence-electron chi connectivity index (χ1n) is 8.00. The topological polar surface area (TPSA) is 57.5 Å². The lowest BCUT2D eigenvalue weighted by Crippen LogP contribution is -2.23. The number of fused-ring (bicyclic) bond motifs is 2. The van der Waals surface area contributed by atoms with Crippen LogP contribution in [-0.2, 0) is 0 Å². The van der Waals surface area contributed by atoms with E-state index in [1.54, 1.807) is 11.3 Å². The normalized spacial score (nSPS) is 13.7.